The summed E-state index contributed by atoms with van der Waals surface area (Å²) in [5.74, 6) is 1.18. The number of nitrogens with one attached hydrogen (secondary N) is 1. The van der Waals surface area contributed by atoms with Crippen LogP contribution in [-0.4, -0.2) is 46.5 Å². The number of carbonyl (C=O) groups is 2. The van der Waals surface area contributed by atoms with Crippen molar-refractivity contribution in [2.45, 2.75) is 41.5 Å². The number of carbonyl (C=O) groups excluding carboxylic acids is 2. The summed E-state index contributed by atoms with van der Waals surface area (Å²) in [6, 6.07) is 7.78. The van der Waals surface area contributed by atoms with Gasteiger partial charge in [0, 0.05) is 28.7 Å². The van der Waals surface area contributed by atoms with Gasteiger partial charge in [-0.3, -0.25) is 19.1 Å². The molecule has 0 unspecified atom stereocenters. The van der Waals surface area contributed by atoms with E-state index in [9.17, 15) is 9.59 Å². The van der Waals surface area contributed by atoms with E-state index in [-0.39, 0.29) is 24.8 Å². The Morgan fingerprint density at radius 1 is 1.00 bits per heavy atom. The first kappa shape index (κ1) is 22.5. The number of amides is 1. The minimum absolute atomic E-state index is 0.0439. The number of ketones is 1. The molecular formula is C24H30N4O3. The molecule has 0 atom stereocenters. The maximum atomic E-state index is 12.9. The number of anilines is 1. The van der Waals surface area contributed by atoms with Gasteiger partial charge in [-0.25, -0.2) is 0 Å². The van der Waals surface area contributed by atoms with Crippen LogP contribution in [0, 0.1) is 41.5 Å². The molecule has 2 aromatic heterocycles. The van der Waals surface area contributed by atoms with Crippen molar-refractivity contribution in [3.63, 3.8) is 0 Å². The van der Waals surface area contributed by atoms with E-state index >= 15 is 0 Å². The average molecular weight is 423 g/mol. The van der Waals surface area contributed by atoms with Crippen molar-refractivity contribution in [2.24, 2.45) is 0 Å². The smallest absolute Gasteiger partial charge is 0.238 e. The lowest BCUT2D eigenvalue weighted by atomic mass is 10.1. The molecule has 1 N–H and O–H groups in total. The SMILES string of the molecule is Cc1cc(C)c(NC(=O)CN(C)CC(=O)c2cc(C)n(-c3cc(C)on3)c2C)c(C)c1. The van der Waals surface area contributed by atoms with Crippen molar-refractivity contribution in [1.29, 1.82) is 0 Å². The summed E-state index contributed by atoms with van der Waals surface area (Å²) in [6.45, 7) is 11.9. The zero-order valence-corrected chi connectivity index (χ0v) is 19.3. The van der Waals surface area contributed by atoms with Crippen molar-refractivity contribution in [3.05, 3.63) is 63.7 Å². The molecular weight excluding hydrogens is 392 g/mol. The minimum Gasteiger partial charge on any atom is -0.360 e. The molecule has 0 aliphatic rings. The van der Waals surface area contributed by atoms with Crippen molar-refractivity contribution in [1.82, 2.24) is 14.6 Å². The van der Waals surface area contributed by atoms with Crippen LogP contribution in [0.4, 0.5) is 5.69 Å². The predicted molar refractivity (Wildman–Crippen MR) is 121 cm³/mol. The number of likely N-dealkylation sites (N-methyl/N-ethyl adjacent to an activating group) is 1. The Morgan fingerprint density at radius 3 is 2.23 bits per heavy atom. The normalized spacial score (nSPS) is 11.2. The maximum absolute atomic E-state index is 12.9. The van der Waals surface area contributed by atoms with E-state index in [1.54, 1.807) is 11.9 Å². The van der Waals surface area contributed by atoms with Crippen molar-refractivity contribution < 1.29 is 14.1 Å². The predicted octanol–water partition coefficient (Wildman–Crippen LogP) is 4.07. The second-order valence-corrected chi connectivity index (χ2v) is 8.33. The van der Waals surface area contributed by atoms with Gasteiger partial charge in [0.25, 0.3) is 0 Å². The van der Waals surface area contributed by atoms with Crippen LogP contribution in [0.15, 0.2) is 28.8 Å². The molecule has 0 radical (unpaired) electrons. The number of aryl methyl sites for hydroxylation is 5. The molecule has 31 heavy (non-hydrogen) atoms. The monoisotopic (exact) mass is 422 g/mol. The van der Waals surface area contributed by atoms with E-state index in [1.807, 2.05) is 70.4 Å². The highest BCUT2D eigenvalue weighted by atomic mass is 16.5. The summed E-state index contributed by atoms with van der Waals surface area (Å²) < 4.78 is 7.07. The third-order valence-corrected chi connectivity index (χ3v) is 5.34. The van der Waals surface area contributed by atoms with Gasteiger partial charge in [0.15, 0.2) is 11.6 Å². The molecule has 0 fully saturated rings. The lowest BCUT2D eigenvalue weighted by Crippen LogP contribution is -2.34. The topological polar surface area (TPSA) is 80.4 Å². The zero-order chi connectivity index (χ0) is 22.9. The first-order chi connectivity index (χ1) is 14.6. The van der Waals surface area contributed by atoms with Crippen LogP contribution < -0.4 is 5.32 Å². The van der Waals surface area contributed by atoms with Crippen LogP contribution in [0.5, 0.6) is 0 Å². The van der Waals surface area contributed by atoms with Crippen LogP contribution in [0.2, 0.25) is 0 Å². The van der Waals surface area contributed by atoms with Gasteiger partial charge >= 0.3 is 0 Å². The standard InChI is InChI=1S/C24H30N4O3/c1-14-8-15(2)24(16(3)9-14)25-23(30)13-27(7)12-21(29)20-10-17(4)28(19(20)6)22-11-18(5)31-26-22/h8-11H,12-13H2,1-7H3,(H,25,30). The van der Waals surface area contributed by atoms with E-state index in [0.29, 0.717) is 17.1 Å². The fourth-order valence-corrected chi connectivity index (χ4v) is 4.04. The van der Waals surface area contributed by atoms with E-state index in [0.717, 1.165) is 33.8 Å². The molecule has 2 heterocycles. The molecule has 164 valence electrons. The fraction of sp³-hybridized carbons (Fsp3) is 0.375. The van der Waals surface area contributed by atoms with Crippen molar-refractivity contribution >= 4 is 17.4 Å². The van der Waals surface area contributed by atoms with Crippen LogP contribution in [0.3, 0.4) is 0 Å². The molecule has 0 saturated carbocycles. The quantitative estimate of drug-likeness (QED) is 0.581. The summed E-state index contributed by atoms with van der Waals surface area (Å²) in [7, 11) is 1.77. The maximum Gasteiger partial charge on any atom is 0.238 e. The Labute approximate surface area is 183 Å². The molecule has 0 spiro atoms. The van der Waals surface area contributed by atoms with Gasteiger partial charge in [-0.2, -0.15) is 0 Å². The third-order valence-electron chi connectivity index (χ3n) is 5.34. The minimum atomic E-state index is -0.145. The number of hydrogen-bond donors (Lipinski definition) is 1. The summed E-state index contributed by atoms with van der Waals surface area (Å²) >= 11 is 0. The van der Waals surface area contributed by atoms with Gasteiger partial charge in [-0.1, -0.05) is 22.9 Å². The number of hydrogen-bond acceptors (Lipinski definition) is 5. The van der Waals surface area contributed by atoms with Gasteiger partial charge in [0.2, 0.25) is 5.91 Å². The highest BCUT2D eigenvalue weighted by Gasteiger charge is 2.20. The van der Waals surface area contributed by atoms with Gasteiger partial charge in [0.05, 0.1) is 13.1 Å². The van der Waals surface area contributed by atoms with E-state index in [4.69, 9.17) is 4.52 Å². The third kappa shape index (κ3) is 4.94. The second-order valence-electron chi connectivity index (χ2n) is 8.33. The summed E-state index contributed by atoms with van der Waals surface area (Å²) in [4.78, 5) is 27.2. The van der Waals surface area contributed by atoms with Gasteiger partial charge < -0.3 is 9.84 Å². The number of aromatic nitrogens is 2. The molecule has 0 aliphatic carbocycles. The van der Waals surface area contributed by atoms with Gasteiger partial charge in [-0.15, -0.1) is 0 Å². The highest BCUT2D eigenvalue weighted by molar-refractivity contribution is 6.00. The number of nitrogens with zero attached hydrogens (tertiary/aromatic N) is 3. The molecule has 7 nitrogen and oxygen atoms in total. The lowest BCUT2D eigenvalue weighted by molar-refractivity contribution is -0.116. The van der Waals surface area contributed by atoms with E-state index in [2.05, 4.69) is 10.5 Å². The average Bonchev–Trinajstić information content (AvgIpc) is 3.20. The Hall–Kier alpha value is -3.19. The van der Waals surface area contributed by atoms with E-state index in [1.165, 1.54) is 0 Å². The molecule has 3 aromatic rings. The van der Waals surface area contributed by atoms with E-state index < -0.39 is 0 Å². The Kier molecular flexibility index (Phi) is 6.45. The van der Waals surface area contributed by atoms with Crippen LogP contribution in [0.1, 0.15) is 44.2 Å². The van der Waals surface area contributed by atoms with Crippen molar-refractivity contribution in [3.8, 4) is 5.82 Å². The summed E-state index contributed by atoms with van der Waals surface area (Å²) in [6.07, 6.45) is 0. The fourth-order valence-electron chi connectivity index (χ4n) is 4.04. The Morgan fingerprint density at radius 2 is 1.65 bits per heavy atom. The van der Waals surface area contributed by atoms with Crippen LogP contribution >= 0.6 is 0 Å². The number of benzene rings is 1. The first-order valence-corrected chi connectivity index (χ1v) is 10.3. The molecule has 7 heteroatoms. The first-order valence-electron chi connectivity index (χ1n) is 10.3. The van der Waals surface area contributed by atoms with Crippen LogP contribution in [-0.2, 0) is 4.79 Å². The lowest BCUT2D eigenvalue weighted by Gasteiger charge is -2.17. The molecule has 0 bridgehead atoms. The summed E-state index contributed by atoms with van der Waals surface area (Å²) in [5.41, 5.74) is 6.38. The Bertz CT molecular complexity index is 1120. The summed E-state index contributed by atoms with van der Waals surface area (Å²) in [5, 5.41) is 7.04. The Balaban J connectivity index is 1.67. The molecule has 0 aliphatic heterocycles. The zero-order valence-electron chi connectivity index (χ0n) is 19.3. The molecule has 1 amide bonds. The molecule has 0 saturated heterocycles. The van der Waals surface area contributed by atoms with Gasteiger partial charge in [0.1, 0.15) is 5.76 Å². The largest absolute Gasteiger partial charge is 0.360 e. The van der Waals surface area contributed by atoms with Crippen LogP contribution in [0.25, 0.3) is 5.82 Å². The molecule has 1 aromatic carbocycles. The number of Topliss-reactive ketones (excluding diaryl/α,β-unsaturated/α-hetero) is 1. The second kappa shape index (κ2) is 8.89. The highest BCUT2D eigenvalue weighted by Crippen LogP contribution is 2.23. The molecule has 3 rings (SSSR count). The van der Waals surface area contributed by atoms with Crippen molar-refractivity contribution in [2.75, 3.05) is 25.5 Å². The van der Waals surface area contributed by atoms with Gasteiger partial charge in [-0.05, 0) is 65.8 Å². The number of rotatable bonds is 7.